The highest BCUT2D eigenvalue weighted by Crippen LogP contribution is 2.46. The quantitative estimate of drug-likeness (QED) is 0.230. The zero-order valence-corrected chi connectivity index (χ0v) is 17.8. The summed E-state index contributed by atoms with van der Waals surface area (Å²) >= 11 is 0. The number of nitrogens with zero attached hydrogens (tertiary/aromatic N) is 6. The Hall–Kier alpha value is -4.01. The van der Waals surface area contributed by atoms with Gasteiger partial charge in [0.05, 0.1) is 11.4 Å². The summed E-state index contributed by atoms with van der Waals surface area (Å²) < 4.78 is 7.72. The first kappa shape index (κ1) is 19.7. The highest BCUT2D eigenvalue weighted by molar-refractivity contribution is 6.29. The van der Waals surface area contributed by atoms with Gasteiger partial charge in [0.2, 0.25) is 5.88 Å². The molecule has 0 bridgehead atoms. The zero-order valence-electron chi connectivity index (χ0n) is 17.8. The molecule has 8 nitrogen and oxygen atoms in total. The van der Waals surface area contributed by atoms with Crippen molar-refractivity contribution in [2.24, 2.45) is 16.2 Å². The molecule has 2 aliphatic rings. The molecule has 3 heterocycles. The normalized spacial score (nSPS) is 16.0. The van der Waals surface area contributed by atoms with E-state index in [0.29, 0.717) is 17.4 Å². The number of aromatic nitrogens is 4. The van der Waals surface area contributed by atoms with E-state index < -0.39 is 0 Å². The lowest BCUT2D eigenvalue weighted by Crippen LogP contribution is -2.31. The maximum absolute atomic E-state index is 6.10. The maximum atomic E-state index is 6.10. The van der Waals surface area contributed by atoms with Crippen LogP contribution in [0.15, 0.2) is 71.0 Å². The summed E-state index contributed by atoms with van der Waals surface area (Å²) in [5, 5.41) is 16.0. The third-order valence-corrected chi connectivity index (χ3v) is 6.51. The first-order chi connectivity index (χ1) is 16.2. The summed E-state index contributed by atoms with van der Waals surface area (Å²) in [5.74, 6) is 6.53. The first-order valence-corrected chi connectivity index (χ1v) is 10.8. The Kier molecular flexibility index (Phi) is 4.50. The van der Waals surface area contributed by atoms with Crippen molar-refractivity contribution < 1.29 is 4.74 Å². The molecule has 0 spiro atoms. The van der Waals surface area contributed by atoms with Gasteiger partial charge in [-0.1, -0.05) is 59.8 Å². The van der Waals surface area contributed by atoms with E-state index in [0.717, 1.165) is 52.9 Å². The molecule has 160 valence electrons. The predicted molar refractivity (Wildman–Crippen MR) is 124 cm³/mol. The van der Waals surface area contributed by atoms with Gasteiger partial charge in [0.15, 0.2) is 20.3 Å². The minimum Gasteiger partial charge on any atom is -0.468 e. The molecule has 1 fully saturated rings. The molecule has 2 N–H and O–H groups in total. The van der Waals surface area contributed by atoms with Crippen LogP contribution in [-0.2, 0) is 12.1 Å². The average molecular weight is 433 g/mol. The number of fused-ring (bicyclic) bond motifs is 3. The third-order valence-electron chi connectivity index (χ3n) is 6.51. The van der Waals surface area contributed by atoms with E-state index >= 15 is 0 Å². The second-order valence-corrected chi connectivity index (χ2v) is 8.35. The van der Waals surface area contributed by atoms with Crippen LogP contribution in [0, 0.1) is 0 Å². The summed E-state index contributed by atoms with van der Waals surface area (Å²) in [7, 11) is 6.10. The highest BCUT2D eigenvalue weighted by atomic mass is 16.5. The Morgan fingerprint density at radius 2 is 1.79 bits per heavy atom. The van der Waals surface area contributed by atoms with Crippen molar-refractivity contribution in [3.05, 3.63) is 72.1 Å². The SMILES string of the molecule is [B]c1nnc2n1-c1cc(-c3ccccc3)c(-c3ccc(C4(N=NN)CCC4)cc3)nc1OC2. The van der Waals surface area contributed by atoms with Crippen LogP contribution in [0.1, 0.15) is 30.7 Å². The van der Waals surface area contributed by atoms with Gasteiger partial charge in [-0.05, 0) is 36.5 Å². The number of rotatable bonds is 4. The van der Waals surface area contributed by atoms with E-state index in [1.54, 1.807) is 4.57 Å². The number of pyridine rings is 1. The van der Waals surface area contributed by atoms with E-state index in [9.17, 15) is 0 Å². The number of hydrogen-bond donors (Lipinski definition) is 1. The molecule has 1 saturated carbocycles. The van der Waals surface area contributed by atoms with Gasteiger partial charge in [0.25, 0.3) is 0 Å². The Morgan fingerprint density at radius 3 is 2.48 bits per heavy atom. The fourth-order valence-electron chi connectivity index (χ4n) is 4.64. The van der Waals surface area contributed by atoms with Crippen LogP contribution in [0.4, 0.5) is 0 Å². The summed E-state index contributed by atoms with van der Waals surface area (Å²) in [4.78, 5) is 4.93. The largest absolute Gasteiger partial charge is 0.468 e. The number of hydrogen-bond acceptors (Lipinski definition) is 6. The fourth-order valence-corrected chi connectivity index (χ4v) is 4.64. The second-order valence-electron chi connectivity index (χ2n) is 8.35. The molecule has 33 heavy (non-hydrogen) atoms. The van der Waals surface area contributed by atoms with Gasteiger partial charge in [-0.25, -0.2) is 4.98 Å². The monoisotopic (exact) mass is 433 g/mol. The van der Waals surface area contributed by atoms with Crippen LogP contribution in [0.25, 0.3) is 28.1 Å². The van der Waals surface area contributed by atoms with Gasteiger partial charge < -0.3 is 10.6 Å². The number of ether oxygens (including phenoxy) is 1. The van der Waals surface area contributed by atoms with Gasteiger partial charge >= 0.3 is 0 Å². The minimum absolute atomic E-state index is 0.264. The first-order valence-electron chi connectivity index (χ1n) is 10.8. The average Bonchev–Trinajstić information content (AvgIpc) is 3.22. The minimum atomic E-state index is -0.301. The molecule has 1 aliphatic heterocycles. The molecule has 0 unspecified atom stereocenters. The molecule has 2 aromatic carbocycles. The van der Waals surface area contributed by atoms with E-state index in [1.165, 1.54) is 0 Å². The molecule has 6 rings (SSSR count). The molecule has 4 aromatic rings. The van der Waals surface area contributed by atoms with E-state index in [-0.39, 0.29) is 12.1 Å². The van der Waals surface area contributed by atoms with E-state index in [4.69, 9.17) is 23.4 Å². The molecule has 1 aliphatic carbocycles. The molecule has 0 saturated heterocycles. The zero-order chi connectivity index (χ0) is 22.4. The molecular formula is C24H20BN7O. The molecule has 2 aromatic heterocycles. The summed E-state index contributed by atoms with van der Waals surface area (Å²) in [6.45, 7) is 0.264. The lowest BCUT2D eigenvalue weighted by Gasteiger charge is -2.37. The number of benzene rings is 2. The highest BCUT2D eigenvalue weighted by Gasteiger charge is 2.39. The van der Waals surface area contributed by atoms with Crippen molar-refractivity contribution in [1.29, 1.82) is 0 Å². The van der Waals surface area contributed by atoms with Gasteiger partial charge in [0, 0.05) is 11.1 Å². The lowest BCUT2D eigenvalue weighted by atomic mass is 9.72. The van der Waals surface area contributed by atoms with E-state index in [2.05, 4.69) is 56.9 Å². The Labute approximate surface area is 191 Å². The fraction of sp³-hybridized carbons (Fsp3) is 0.208. The third kappa shape index (κ3) is 3.11. The molecule has 2 radical (unpaired) electrons. The van der Waals surface area contributed by atoms with Crippen molar-refractivity contribution in [3.63, 3.8) is 0 Å². The lowest BCUT2D eigenvalue weighted by molar-refractivity contribution is 0.242. The smallest absolute Gasteiger partial charge is 0.239 e. The van der Waals surface area contributed by atoms with E-state index in [1.807, 2.05) is 24.3 Å². The van der Waals surface area contributed by atoms with Crippen LogP contribution in [0.3, 0.4) is 0 Å². The summed E-state index contributed by atoms with van der Waals surface area (Å²) in [5.41, 5.74) is 5.66. The van der Waals surface area contributed by atoms with Crippen LogP contribution in [-0.4, -0.2) is 27.6 Å². The number of nitrogens with two attached hydrogens (primary N) is 1. The Morgan fingerprint density at radius 1 is 1.00 bits per heavy atom. The van der Waals surface area contributed by atoms with Gasteiger partial charge in [-0.2, -0.15) is 5.11 Å². The van der Waals surface area contributed by atoms with Crippen molar-refractivity contribution in [1.82, 2.24) is 19.7 Å². The van der Waals surface area contributed by atoms with Crippen molar-refractivity contribution in [2.75, 3.05) is 0 Å². The molecule has 0 atom stereocenters. The van der Waals surface area contributed by atoms with Crippen molar-refractivity contribution in [2.45, 2.75) is 31.4 Å². The summed E-state index contributed by atoms with van der Waals surface area (Å²) in [6.07, 6.45) is 3.03. The Balaban J connectivity index is 1.50. The van der Waals surface area contributed by atoms with Crippen molar-refractivity contribution in [3.8, 4) is 34.0 Å². The van der Waals surface area contributed by atoms with Crippen LogP contribution >= 0.6 is 0 Å². The van der Waals surface area contributed by atoms with Crippen LogP contribution < -0.4 is 16.3 Å². The van der Waals surface area contributed by atoms with Gasteiger partial charge in [-0.3, -0.25) is 4.57 Å². The summed E-state index contributed by atoms with van der Waals surface area (Å²) in [6, 6.07) is 20.5. The maximum Gasteiger partial charge on any atom is 0.239 e. The standard InChI is InChI=1S/C24H20BN7O/c25-23-29-28-20-14-33-22-19(32(20)23)13-18(15-5-2-1-3-6-15)21(27-22)16-7-9-17(10-8-16)24(30-31-26)11-4-12-24/h1-3,5-10,13H,4,11-12,14H2,(H2,26,30). The van der Waals surface area contributed by atoms with Gasteiger partial charge in [0.1, 0.15) is 11.2 Å². The molecule has 0 amide bonds. The predicted octanol–water partition coefficient (Wildman–Crippen LogP) is 3.39. The van der Waals surface area contributed by atoms with Crippen molar-refractivity contribution >= 4 is 13.6 Å². The topological polar surface area (TPSA) is 104 Å². The van der Waals surface area contributed by atoms with Crippen LogP contribution in [0.2, 0.25) is 0 Å². The molecule has 9 heteroatoms. The van der Waals surface area contributed by atoms with Gasteiger partial charge in [-0.15, -0.1) is 10.2 Å². The Bertz CT molecular complexity index is 1360. The van der Waals surface area contributed by atoms with Crippen LogP contribution in [0.5, 0.6) is 5.88 Å². The second kappa shape index (κ2) is 7.55. The molecular weight excluding hydrogens is 413 g/mol.